The zero-order valence-electron chi connectivity index (χ0n) is 13.1. The van der Waals surface area contributed by atoms with Crippen LogP contribution in [0.5, 0.6) is 0 Å². The van der Waals surface area contributed by atoms with Crippen LogP contribution in [0, 0.1) is 0 Å². The molecule has 1 saturated heterocycles. The average Bonchev–Trinajstić information content (AvgIpc) is 2.72. The molecule has 0 bridgehead atoms. The summed E-state index contributed by atoms with van der Waals surface area (Å²) in [5, 5.41) is -0.186. The molecule has 22 heavy (non-hydrogen) atoms. The monoisotopic (exact) mass is 382 g/mol. The molecule has 1 aliphatic heterocycles. The molecule has 1 fully saturated rings. The van der Waals surface area contributed by atoms with Crippen molar-refractivity contribution in [1.29, 1.82) is 0 Å². The summed E-state index contributed by atoms with van der Waals surface area (Å²) in [4.78, 5) is 28.2. The standard InChI is InChI=1S/C16H19BrN2O2S/c1-5-10(2)19-15(20)14(22-16(19)21)9-11-6-7-13(18(3)4)12(17)8-11/h6-10H,5H2,1-4H3/b14-9+. The highest BCUT2D eigenvalue weighted by Gasteiger charge is 2.37. The second-order valence-corrected chi connectivity index (χ2v) is 7.26. The van der Waals surface area contributed by atoms with Crippen LogP contribution in [0.15, 0.2) is 27.6 Å². The maximum Gasteiger partial charge on any atom is 0.293 e. The van der Waals surface area contributed by atoms with Crippen LogP contribution in [-0.2, 0) is 4.79 Å². The molecule has 0 N–H and O–H groups in total. The van der Waals surface area contributed by atoms with Crippen LogP contribution in [-0.4, -0.2) is 36.2 Å². The number of carbonyl (C=O) groups excluding carboxylic acids is 2. The van der Waals surface area contributed by atoms with Gasteiger partial charge in [-0.3, -0.25) is 14.5 Å². The predicted octanol–water partition coefficient (Wildman–Crippen LogP) is 4.35. The average molecular weight is 383 g/mol. The lowest BCUT2D eigenvalue weighted by Crippen LogP contribution is -2.36. The molecule has 1 aromatic carbocycles. The number of rotatable bonds is 4. The molecule has 1 aromatic rings. The van der Waals surface area contributed by atoms with Gasteiger partial charge < -0.3 is 4.90 Å². The van der Waals surface area contributed by atoms with Gasteiger partial charge in [-0.05, 0) is 64.8 Å². The van der Waals surface area contributed by atoms with Gasteiger partial charge in [0.05, 0.1) is 10.6 Å². The van der Waals surface area contributed by atoms with Crippen molar-refractivity contribution >= 4 is 50.6 Å². The Balaban J connectivity index is 2.29. The molecule has 4 nitrogen and oxygen atoms in total. The Bertz CT molecular complexity index is 643. The van der Waals surface area contributed by atoms with Gasteiger partial charge in [-0.15, -0.1) is 0 Å². The molecule has 6 heteroatoms. The third kappa shape index (κ3) is 3.38. The number of imide groups is 1. The van der Waals surface area contributed by atoms with Gasteiger partial charge in [0.1, 0.15) is 0 Å². The quantitative estimate of drug-likeness (QED) is 0.725. The smallest absolute Gasteiger partial charge is 0.293 e. The molecule has 2 amide bonds. The first kappa shape index (κ1) is 17.1. The van der Waals surface area contributed by atoms with Crippen LogP contribution < -0.4 is 4.90 Å². The summed E-state index contributed by atoms with van der Waals surface area (Å²) in [6, 6.07) is 5.81. The number of amides is 2. The van der Waals surface area contributed by atoms with Gasteiger partial charge >= 0.3 is 0 Å². The van der Waals surface area contributed by atoms with Crippen molar-refractivity contribution in [3.05, 3.63) is 33.1 Å². The fourth-order valence-corrected chi connectivity index (χ4v) is 3.85. The summed E-state index contributed by atoms with van der Waals surface area (Å²) in [7, 11) is 3.94. The molecule has 2 rings (SSSR count). The third-order valence-electron chi connectivity index (χ3n) is 3.61. The van der Waals surface area contributed by atoms with E-state index in [1.807, 2.05) is 51.0 Å². The van der Waals surface area contributed by atoms with Crippen LogP contribution >= 0.6 is 27.7 Å². The normalized spacial score (nSPS) is 18.2. The van der Waals surface area contributed by atoms with Gasteiger partial charge in [0, 0.05) is 24.6 Å². The first-order valence-electron chi connectivity index (χ1n) is 7.09. The Morgan fingerprint density at radius 2 is 2.05 bits per heavy atom. The van der Waals surface area contributed by atoms with E-state index >= 15 is 0 Å². The maximum absolute atomic E-state index is 12.4. The lowest BCUT2D eigenvalue weighted by atomic mass is 10.1. The predicted molar refractivity (Wildman–Crippen MR) is 96.0 cm³/mol. The van der Waals surface area contributed by atoms with E-state index in [9.17, 15) is 9.59 Å². The molecular weight excluding hydrogens is 364 g/mol. The van der Waals surface area contributed by atoms with Gasteiger partial charge in [-0.1, -0.05) is 13.0 Å². The van der Waals surface area contributed by atoms with E-state index in [2.05, 4.69) is 15.9 Å². The lowest BCUT2D eigenvalue weighted by molar-refractivity contribution is -0.124. The van der Waals surface area contributed by atoms with Crippen molar-refractivity contribution in [3.8, 4) is 0 Å². The Labute approximate surface area is 143 Å². The second kappa shape index (κ2) is 6.87. The summed E-state index contributed by atoms with van der Waals surface area (Å²) >= 11 is 4.54. The second-order valence-electron chi connectivity index (χ2n) is 5.41. The van der Waals surface area contributed by atoms with Crippen molar-refractivity contribution in [2.45, 2.75) is 26.3 Å². The minimum atomic E-state index is -0.197. The number of nitrogens with zero attached hydrogens (tertiary/aromatic N) is 2. The van der Waals surface area contributed by atoms with Crippen LogP contribution in [0.4, 0.5) is 10.5 Å². The summed E-state index contributed by atoms with van der Waals surface area (Å²) in [6.07, 6.45) is 2.53. The number of benzene rings is 1. The highest BCUT2D eigenvalue weighted by Crippen LogP contribution is 2.35. The zero-order valence-corrected chi connectivity index (χ0v) is 15.5. The van der Waals surface area contributed by atoms with Crippen molar-refractivity contribution < 1.29 is 9.59 Å². The lowest BCUT2D eigenvalue weighted by Gasteiger charge is -2.19. The molecule has 1 aliphatic rings. The fraction of sp³-hybridized carbons (Fsp3) is 0.375. The zero-order chi connectivity index (χ0) is 16.4. The minimum Gasteiger partial charge on any atom is -0.377 e. The molecule has 0 aliphatic carbocycles. The largest absolute Gasteiger partial charge is 0.377 e. The highest BCUT2D eigenvalue weighted by molar-refractivity contribution is 9.10. The Morgan fingerprint density at radius 1 is 1.36 bits per heavy atom. The molecule has 1 unspecified atom stereocenters. The molecule has 0 spiro atoms. The summed E-state index contributed by atoms with van der Waals surface area (Å²) in [5.41, 5.74) is 1.96. The van der Waals surface area contributed by atoms with E-state index in [1.165, 1.54) is 4.90 Å². The van der Waals surface area contributed by atoms with Crippen LogP contribution in [0.1, 0.15) is 25.8 Å². The topological polar surface area (TPSA) is 40.6 Å². The van der Waals surface area contributed by atoms with E-state index in [0.29, 0.717) is 4.91 Å². The fourth-order valence-electron chi connectivity index (χ4n) is 2.17. The molecule has 1 heterocycles. The van der Waals surface area contributed by atoms with Crippen molar-refractivity contribution in [1.82, 2.24) is 4.90 Å². The van der Waals surface area contributed by atoms with Crippen LogP contribution in [0.25, 0.3) is 6.08 Å². The van der Waals surface area contributed by atoms with Crippen molar-refractivity contribution in [2.75, 3.05) is 19.0 Å². The van der Waals surface area contributed by atoms with E-state index in [-0.39, 0.29) is 17.2 Å². The number of hydrogen-bond donors (Lipinski definition) is 0. The Hall–Kier alpha value is -1.27. The first-order valence-corrected chi connectivity index (χ1v) is 8.70. The summed E-state index contributed by atoms with van der Waals surface area (Å²) in [5.74, 6) is -0.197. The van der Waals surface area contributed by atoms with Gasteiger partial charge in [-0.25, -0.2) is 0 Å². The Kier molecular flexibility index (Phi) is 5.34. The molecule has 1 atom stereocenters. The molecule has 0 radical (unpaired) electrons. The van der Waals surface area contributed by atoms with Crippen molar-refractivity contribution in [2.24, 2.45) is 0 Å². The summed E-state index contributed by atoms with van der Waals surface area (Å²) < 4.78 is 0.951. The van der Waals surface area contributed by atoms with E-state index in [4.69, 9.17) is 0 Å². The van der Waals surface area contributed by atoms with Crippen molar-refractivity contribution in [3.63, 3.8) is 0 Å². The number of thioether (sulfide) groups is 1. The van der Waals surface area contributed by atoms with Gasteiger partial charge in [0.2, 0.25) is 0 Å². The van der Waals surface area contributed by atoms with Gasteiger partial charge in [0.25, 0.3) is 11.1 Å². The number of halogens is 1. The maximum atomic E-state index is 12.4. The molecule has 118 valence electrons. The SMILES string of the molecule is CCC(C)N1C(=O)S/C(=C/c2ccc(N(C)C)c(Br)c2)C1=O. The van der Waals surface area contributed by atoms with Gasteiger partial charge in [-0.2, -0.15) is 0 Å². The Morgan fingerprint density at radius 3 is 2.59 bits per heavy atom. The van der Waals surface area contributed by atoms with E-state index in [0.717, 1.165) is 33.9 Å². The number of anilines is 1. The number of hydrogen-bond acceptors (Lipinski definition) is 4. The molecule has 0 saturated carbocycles. The van der Waals surface area contributed by atoms with Crippen LogP contribution in [0.2, 0.25) is 0 Å². The minimum absolute atomic E-state index is 0.0683. The highest BCUT2D eigenvalue weighted by atomic mass is 79.9. The first-order chi connectivity index (χ1) is 10.3. The van der Waals surface area contributed by atoms with Crippen LogP contribution in [0.3, 0.4) is 0 Å². The molecular formula is C16H19BrN2O2S. The third-order valence-corrected chi connectivity index (χ3v) is 5.13. The molecule has 0 aromatic heterocycles. The van der Waals surface area contributed by atoms with E-state index in [1.54, 1.807) is 6.08 Å². The summed E-state index contributed by atoms with van der Waals surface area (Å²) in [6.45, 7) is 3.86. The van der Waals surface area contributed by atoms with E-state index < -0.39 is 0 Å². The number of carbonyl (C=O) groups is 2. The van der Waals surface area contributed by atoms with Gasteiger partial charge in [0.15, 0.2) is 0 Å².